The van der Waals surface area contributed by atoms with Gasteiger partial charge in [0.1, 0.15) is 11.2 Å². The molecule has 3 aliphatic rings. The molecule has 1 saturated carbocycles. The Morgan fingerprint density at radius 2 is 1.81 bits per heavy atom. The lowest BCUT2D eigenvalue weighted by Gasteiger charge is -2.47. The highest BCUT2D eigenvalue weighted by molar-refractivity contribution is 5.89. The van der Waals surface area contributed by atoms with Crippen LogP contribution in [0.15, 0.2) is 76.5 Å². The van der Waals surface area contributed by atoms with E-state index in [2.05, 4.69) is 15.0 Å². The van der Waals surface area contributed by atoms with Crippen molar-refractivity contribution in [1.29, 1.82) is 0 Å². The maximum absolute atomic E-state index is 13.4. The number of rotatable bonds is 7. The molecule has 0 aromatic heterocycles. The molecule has 2 aromatic carbocycles. The van der Waals surface area contributed by atoms with Crippen LogP contribution in [0.4, 0.5) is 18.9 Å². The Morgan fingerprint density at radius 3 is 2.38 bits per heavy atom. The lowest BCUT2D eigenvalue weighted by Crippen LogP contribution is -2.64. The van der Waals surface area contributed by atoms with Crippen LogP contribution in [0.1, 0.15) is 24.0 Å². The zero-order valence-electron chi connectivity index (χ0n) is 23.5. The molecule has 2 unspecified atom stereocenters. The van der Waals surface area contributed by atoms with Crippen LogP contribution in [0.5, 0.6) is 0 Å². The van der Waals surface area contributed by atoms with Crippen LogP contribution in [0, 0.1) is 11.3 Å². The highest BCUT2D eigenvalue weighted by atomic mass is 19.4. The minimum absolute atomic E-state index is 0.180. The monoisotopic (exact) mass is 587 g/mol. The third-order valence-electron chi connectivity index (χ3n) is 8.85. The Bertz CT molecular complexity index is 1430. The number of methoxy groups -OCH3 is 2. The van der Waals surface area contributed by atoms with E-state index in [1.54, 1.807) is 61.5 Å². The summed E-state index contributed by atoms with van der Waals surface area (Å²) in [7, 11) is 4.15. The molecule has 1 aliphatic carbocycles. The van der Waals surface area contributed by atoms with Crippen LogP contribution in [-0.2, 0) is 19.8 Å². The van der Waals surface area contributed by atoms with Gasteiger partial charge < -0.3 is 24.4 Å². The molecule has 0 bridgehead atoms. The van der Waals surface area contributed by atoms with E-state index in [9.17, 15) is 23.4 Å². The molecule has 2 N–H and O–H groups in total. The van der Waals surface area contributed by atoms with Crippen LogP contribution < -0.4 is 0 Å². The maximum Gasteiger partial charge on any atom is 0.401 e. The van der Waals surface area contributed by atoms with E-state index < -0.39 is 53.5 Å². The highest BCUT2D eigenvalue weighted by Gasteiger charge is 2.84. The molecular formula is C29H32F3N5O5. The lowest BCUT2D eigenvalue weighted by atomic mass is 9.61. The quantitative estimate of drug-likeness (QED) is 0.272. The maximum atomic E-state index is 13.4. The molecule has 2 aromatic rings. The van der Waals surface area contributed by atoms with Gasteiger partial charge in [-0.15, -0.1) is 0 Å². The molecular weight excluding hydrogens is 555 g/mol. The van der Waals surface area contributed by atoms with Gasteiger partial charge in [0.15, 0.2) is 17.4 Å². The van der Waals surface area contributed by atoms with E-state index in [0.717, 1.165) is 4.90 Å². The Morgan fingerprint density at radius 1 is 1.14 bits per heavy atom. The van der Waals surface area contributed by atoms with Gasteiger partial charge in [0.2, 0.25) is 5.90 Å². The predicted octanol–water partition coefficient (Wildman–Crippen LogP) is 4.77. The van der Waals surface area contributed by atoms with Gasteiger partial charge in [-0.3, -0.25) is 4.90 Å². The fraction of sp³-hybridized carbons (Fsp3) is 0.483. The van der Waals surface area contributed by atoms with Crippen molar-refractivity contribution in [1.82, 2.24) is 4.90 Å². The lowest BCUT2D eigenvalue weighted by molar-refractivity contribution is -0.200. The summed E-state index contributed by atoms with van der Waals surface area (Å²) in [6, 6.07) is 15.3. The van der Waals surface area contributed by atoms with Gasteiger partial charge in [0.25, 0.3) is 0 Å². The number of benzene rings is 2. The summed E-state index contributed by atoms with van der Waals surface area (Å²) in [5, 5.41) is 29.0. The third-order valence-corrected chi connectivity index (χ3v) is 8.85. The fourth-order valence-electron chi connectivity index (χ4n) is 7.20. The fourth-order valence-corrected chi connectivity index (χ4v) is 7.20. The number of dihydropyridines is 1. The van der Waals surface area contributed by atoms with Gasteiger partial charge >= 0.3 is 6.18 Å². The number of alkyl halides is 3. The van der Waals surface area contributed by atoms with E-state index in [0.29, 0.717) is 16.8 Å². The number of aliphatic hydroxyl groups excluding tert-OH is 1. The average Bonchev–Trinajstić information content (AvgIpc) is 3.27. The molecule has 13 heteroatoms. The number of aliphatic hydroxyl groups is 2. The van der Waals surface area contributed by atoms with Crippen molar-refractivity contribution in [2.75, 3.05) is 34.4 Å². The second kappa shape index (κ2) is 10.6. The summed E-state index contributed by atoms with van der Waals surface area (Å²) in [6.45, 7) is 0.228. The highest BCUT2D eigenvalue weighted by Crippen LogP contribution is 2.73. The largest absolute Gasteiger partial charge is 0.482 e. The molecule has 7 atom stereocenters. The molecule has 2 aliphatic heterocycles. The van der Waals surface area contributed by atoms with Crippen LogP contribution in [-0.4, -0.2) is 79.5 Å². The molecule has 0 radical (unpaired) electrons. The number of aliphatic imine (C=N–C) groups is 1. The Balaban J connectivity index is 1.80. The van der Waals surface area contributed by atoms with Crippen molar-refractivity contribution < 1.29 is 37.6 Å². The van der Waals surface area contributed by atoms with E-state index in [1.165, 1.54) is 27.3 Å². The van der Waals surface area contributed by atoms with E-state index in [4.69, 9.17) is 19.7 Å². The Kier molecular flexibility index (Phi) is 7.53. The van der Waals surface area contributed by atoms with Gasteiger partial charge in [0.05, 0.1) is 19.8 Å². The van der Waals surface area contributed by atoms with E-state index in [1.807, 2.05) is 0 Å². The second-order valence-corrected chi connectivity index (χ2v) is 11.1. The van der Waals surface area contributed by atoms with Crippen molar-refractivity contribution in [2.24, 2.45) is 21.4 Å². The first-order chi connectivity index (χ1) is 19.9. The summed E-state index contributed by atoms with van der Waals surface area (Å²) in [5.41, 5.74) is 4.85. The van der Waals surface area contributed by atoms with Crippen molar-refractivity contribution in [3.05, 3.63) is 88.0 Å². The minimum Gasteiger partial charge on any atom is -0.482 e. The molecule has 2 fully saturated rings. The topological polar surface area (TPSA) is 133 Å². The molecule has 1 saturated heterocycles. The van der Waals surface area contributed by atoms with Gasteiger partial charge in [-0.1, -0.05) is 59.7 Å². The predicted molar refractivity (Wildman–Crippen MR) is 147 cm³/mol. The molecule has 2 heterocycles. The summed E-state index contributed by atoms with van der Waals surface area (Å²) in [4.78, 5) is 8.40. The number of halogens is 3. The van der Waals surface area contributed by atoms with Crippen molar-refractivity contribution in [2.45, 2.75) is 42.6 Å². The zero-order valence-corrected chi connectivity index (χ0v) is 23.5. The first-order valence-corrected chi connectivity index (χ1v) is 13.3. The van der Waals surface area contributed by atoms with Crippen molar-refractivity contribution >= 4 is 11.6 Å². The molecule has 0 amide bonds. The van der Waals surface area contributed by atoms with Crippen LogP contribution in [0.3, 0.4) is 0 Å². The third kappa shape index (κ3) is 4.26. The standard InChI is InChI=1S/C29H32F3N5O5/c1-26-21(14-22(40-3)34-25(26)41-4)42-28(18-10-12-19(13-11-18)35-36-33)23(17-8-6-5-7-9-17)20(24(38)29(26,28)39)15-37(2)16-27(30,31)32/h5-14,20,23-25,38-39H,15-16H2,1-4H3/t20-,23-,24-,25?,26?,28+,29-/m1/s1. The first kappa shape index (κ1) is 29.9. The van der Waals surface area contributed by atoms with Gasteiger partial charge in [-0.25, -0.2) is 4.99 Å². The smallest absolute Gasteiger partial charge is 0.401 e. The van der Waals surface area contributed by atoms with Crippen LogP contribution >= 0.6 is 0 Å². The number of hydrogen-bond acceptors (Lipinski definition) is 8. The Hall–Kier alpha value is -3.61. The molecule has 0 spiro atoms. The minimum atomic E-state index is -4.48. The summed E-state index contributed by atoms with van der Waals surface area (Å²) >= 11 is 0. The molecule has 42 heavy (non-hydrogen) atoms. The SMILES string of the molecule is COC1=NC(OC)C2(C)C(=C1)O[C@@]1(c3ccc(N=[N+]=[N-])cc3)[C@H](c3ccccc3)[C@@H](CN(C)CC(F)(F)F)[C@@H](O)[C@@]21O. The van der Waals surface area contributed by atoms with Gasteiger partial charge in [-0.2, -0.15) is 13.2 Å². The van der Waals surface area contributed by atoms with E-state index >= 15 is 0 Å². The number of hydrogen-bond donors (Lipinski definition) is 2. The second-order valence-electron chi connectivity index (χ2n) is 11.1. The van der Waals surface area contributed by atoms with Crippen LogP contribution in [0.2, 0.25) is 0 Å². The number of fused-ring (bicyclic) bond motifs is 3. The Labute approximate surface area is 240 Å². The van der Waals surface area contributed by atoms with E-state index in [-0.39, 0.29) is 18.2 Å². The zero-order chi connectivity index (χ0) is 30.5. The first-order valence-electron chi connectivity index (χ1n) is 13.3. The van der Waals surface area contributed by atoms with Crippen molar-refractivity contribution in [3.63, 3.8) is 0 Å². The molecule has 5 rings (SSSR count). The molecule has 10 nitrogen and oxygen atoms in total. The number of nitrogens with zero attached hydrogens (tertiary/aromatic N) is 5. The average molecular weight is 588 g/mol. The normalized spacial score (nSPS) is 33.7. The summed E-state index contributed by atoms with van der Waals surface area (Å²) < 4.78 is 58.3. The van der Waals surface area contributed by atoms with Gasteiger partial charge in [0, 0.05) is 42.2 Å². The summed E-state index contributed by atoms with van der Waals surface area (Å²) in [6.07, 6.45) is -5.64. The number of ether oxygens (including phenoxy) is 3. The van der Waals surface area contributed by atoms with Crippen molar-refractivity contribution in [3.8, 4) is 0 Å². The molecule has 224 valence electrons. The summed E-state index contributed by atoms with van der Waals surface area (Å²) in [5.74, 6) is -1.37. The van der Waals surface area contributed by atoms with Gasteiger partial charge in [-0.05, 0) is 30.6 Å². The number of azide groups is 1. The van der Waals surface area contributed by atoms with Crippen LogP contribution in [0.25, 0.3) is 10.4 Å².